The predicted molar refractivity (Wildman–Crippen MR) is 191 cm³/mol. The van der Waals surface area contributed by atoms with Crippen LogP contribution < -0.4 is 4.74 Å². The number of allylic oxidation sites excluding steroid dienone is 1. The van der Waals surface area contributed by atoms with Gasteiger partial charge in [-0.2, -0.15) is 0 Å². The lowest BCUT2D eigenvalue weighted by Crippen LogP contribution is -2.42. The van der Waals surface area contributed by atoms with Gasteiger partial charge in [-0.1, -0.05) is 79.5 Å². The zero-order chi connectivity index (χ0) is 32.8. The smallest absolute Gasteiger partial charge is 0.250 e. The van der Waals surface area contributed by atoms with Gasteiger partial charge in [0.1, 0.15) is 11.9 Å². The molecule has 252 valence electrons. The lowest BCUT2D eigenvalue weighted by molar-refractivity contribution is -0.00158. The molecule has 1 aliphatic rings. The van der Waals surface area contributed by atoms with Gasteiger partial charge in [0.15, 0.2) is 8.32 Å². The number of methoxy groups -OCH3 is 1. The van der Waals surface area contributed by atoms with Crippen LogP contribution in [-0.4, -0.2) is 49.2 Å². The van der Waals surface area contributed by atoms with Crippen molar-refractivity contribution in [1.82, 2.24) is 0 Å². The van der Waals surface area contributed by atoms with E-state index in [0.717, 1.165) is 62.1 Å². The van der Waals surface area contributed by atoms with Crippen LogP contribution in [-0.2, 0) is 24.9 Å². The minimum Gasteiger partial charge on any atom is -0.547 e. The maximum absolute atomic E-state index is 6.94. The quantitative estimate of drug-likeness (QED) is 0.0801. The summed E-state index contributed by atoms with van der Waals surface area (Å²) in [6.45, 7) is 25.3. The average Bonchev–Trinajstić information content (AvgIpc) is 2.99. The van der Waals surface area contributed by atoms with Gasteiger partial charge in [0.25, 0.3) is 0 Å². The molecule has 0 fully saturated rings. The van der Waals surface area contributed by atoms with E-state index in [1.807, 2.05) is 12.1 Å². The number of unbranched alkanes of at least 4 members (excludes halogenated alkanes) is 2. The second kappa shape index (κ2) is 18.7. The Morgan fingerprint density at radius 2 is 1.66 bits per heavy atom. The highest BCUT2D eigenvalue weighted by molar-refractivity contribution is 6.74. The zero-order valence-electron chi connectivity index (χ0n) is 30.2. The van der Waals surface area contributed by atoms with E-state index < -0.39 is 16.6 Å². The summed E-state index contributed by atoms with van der Waals surface area (Å²) in [6, 6.07) is 11.6. The molecular weight excluding hydrogens is 581 g/mol. The van der Waals surface area contributed by atoms with Crippen molar-refractivity contribution in [1.29, 1.82) is 0 Å². The summed E-state index contributed by atoms with van der Waals surface area (Å²) >= 11 is 0. The fourth-order valence-electron chi connectivity index (χ4n) is 5.53. The molecule has 1 aromatic carbocycles. The summed E-state index contributed by atoms with van der Waals surface area (Å²) in [5, 5.41) is 0.214. The van der Waals surface area contributed by atoms with E-state index in [4.69, 9.17) is 23.1 Å². The Morgan fingerprint density at radius 1 is 1.00 bits per heavy atom. The van der Waals surface area contributed by atoms with Gasteiger partial charge >= 0.3 is 0 Å². The molecule has 7 heteroatoms. The van der Waals surface area contributed by atoms with E-state index in [0.29, 0.717) is 12.5 Å². The Morgan fingerprint density at radius 3 is 2.25 bits per heavy atom. The summed E-state index contributed by atoms with van der Waals surface area (Å²) in [5.41, 5.74) is 2.48. The van der Waals surface area contributed by atoms with Crippen LogP contribution in [0.4, 0.5) is 0 Å². The van der Waals surface area contributed by atoms with Crippen molar-refractivity contribution in [2.24, 2.45) is 5.92 Å². The molecule has 1 aliphatic heterocycles. The van der Waals surface area contributed by atoms with Crippen molar-refractivity contribution in [2.75, 3.05) is 20.3 Å². The third-order valence-corrected chi connectivity index (χ3v) is 19.1. The van der Waals surface area contributed by atoms with Crippen molar-refractivity contribution in [2.45, 2.75) is 149 Å². The Bertz CT molecular complexity index is 999. The Labute approximate surface area is 273 Å². The molecule has 44 heavy (non-hydrogen) atoms. The van der Waals surface area contributed by atoms with E-state index in [2.05, 4.69) is 92.8 Å². The predicted octanol–water partition coefficient (Wildman–Crippen LogP) is 10.8. The molecule has 0 unspecified atom stereocenters. The zero-order valence-corrected chi connectivity index (χ0v) is 32.2. The molecule has 0 N–H and O–H groups in total. The van der Waals surface area contributed by atoms with Crippen LogP contribution >= 0.6 is 0 Å². The van der Waals surface area contributed by atoms with Gasteiger partial charge in [0.05, 0.1) is 25.6 Å². The molecule has 0 bridgehead atoms. The maximum Gasteiger partial charge on any atom is 0.250 e. The summed E-state index contributed by atoms with van der Waals surface area (Å²) in [7, 11) is -1.85. The molecule has 0 aliphatic carbocycles. The van der Waals surface area contributed by atoms with Crippen LogP contribution in [0.15, 0.2) is 47.7 Å². The molecular formula is C37H66O5Si2. The van der Waals surface area contributed by atoms with Crippen LogP contribution in [0.2, 0.25) is 36.3 Å². The van der Waals surface area contributed by atoms with Crippen LogP contribution in [0.5, 0.6) is 5.75 Å². The first-order valence-electron chi connectivity index (χ1n) is 17.4. The summed E-state index contributed by atoms with van der Waals surface area (Å²) < 4.78 is 31.3. The summed E-state index contributed by atoms with van der Waals surface area (Å²) in [5.74, 6) is 2.55. The third kappa shape index (κ3) is 12.8. The fourth-order valence-corrected chi connectivity index (χ4v) is 9.23. The summed E-state index contributed by atoms with van der Waals surface area (Å²) in [6.07, 6.45) is 11.2. The van der Waals surface area contributed by atoms with Crippen LogP contribution in [0.1, 0.15) is 99.5 Å². The van der Waals surface area contributed by atoms with Gasteiger partial charge in [-0.15, -0.1) is 0 Å². The van der Waals surface area contributed by atoms with E-state index in [9.17, 15) is 0 Å². The fraction of sp³-hybridized carbons (Fsp3) is 0.730. The van der Waals surface area contributed by atoms with Crippen LogP contribution in [0.3, 0.4) is 0 Å². The minimum atomic E-state index is -1.78. The first kappa shape index (κ1) is 38.8. The normalized spacial score (nSPS) is 19.1. The molecule has 0 amide bonds. The average molecular weight is 647 g/mol. The number of hydrogen-bond donors (Lipinski definition) is 0. The monoisotopic (exact) mass is 646 g/mol. The molecule has 2 rings (SSSR count). The highest BCUT2D eigenvalue weighted by Crippen LogP contribution is 2.37. The number of benzene rings is 1. The van der Waals surface area contributed by atoms with Gasteiger partial charge in [-0.25, -0.2) is 0 Å². The first-order valence-corrected chi connectivity index (χ1v) is 22.8. The van der Waals surface area contributed by atoms with Crippen LogP contribution in [0.25, 0.3) is 0 Å². The van der Waals surface area contributed by atoms with Crippen molar-refractivity contribution < 1.29 is 23.1 Å². The molecule has 1 heterocycles. The SMILES string of the molecule is CC[Si](CC)(CC)OC1=C[C@H](/C(C)=C/[C@H](C)CCCCCOCc2ccc(OC)cc2)O[C@@H](CCO[Si](C)(C)C(C)(C)C)C1. The van der Waals surface area contributed by atoms with Crippen molar-refractivity contribution in [3.8, 4) is 5.75 Å². The second-order valence-electron chi connectivity index (χ2n) is 14.4. The lowest BCUT2D eigenvalue weighted by atomic mass is 9.97. The molecule has 0 saturated heterocycles. The topological polar surface area (TPSA) is 46.2 Å². The van der Waals surface area contributed by atoms with E-state index in [1.54, 1.807) is 7.11 Å². The Kier molecular flexibility index (Phi) is 16.5. The minimum absolute atomic E-state index is 0.0253. The molecule has 5 nitrogen and oxygen atoms in total. The number of ether oxygens (including phenoxy) is 3. The number of rotatable bonds is 20. The van der Waals surface area contributed by atoms with Crippen molar-refractivity contribution in [3.63, 3.8) is 0 Å². The van der Waals surface area contributed by atoms with Gasteiger partial charge in [0, 0.05) is 19.6 Å². The third-order valence-electron chi connectivity index (χ3n) is 9.97. The molecule has 0 radical (unpaired) electrons. The molecule has 1 aromatic rings. The van der Waals surface area contributed by atoms with Gasteiger partial charge in [-0.3, -0.25) is 0 Å². The molecule has 0 spiro atoms. The van der Waals surface area contributed by atoms with E-state index >= 15 is 0 Å². The van der Waals surface area contributed by atoms with E-state index in [1.165, 1.54) is 30.4 Å². The van der Waals surface area contributed by atoms with Gasteiger partial charge in [0.2, 0.25) is 8.32 Å². The molecule has 3 atom stereocenters. The van der Waals surface area contributed by atoms with Gasteiger partial charge in [-0.05, 0) is 97.7 Å². The largest absolute Gasteiger partial charge is 0.547 e. The highest BCUT2D eigenvalue weighted by atomic mass is 28.4. The van der Waals surface area contributed by atoms with Crippen molar-refractivity contribution in [3.05, 3.63) is 53.3 Å². The maximum atomic E-state index is 6.94. The highest BCUT2D eigenvalue weighted by Gasteiger charge is 2.38. The standard InChI is InChI=1S/C37H66O5Si2/c1-12-44(13-2,14-3)42-35-27-34(23-25-40-43(10,11)37(6,7)8)41-36(28-35)31(5)26-30(4)18-16-15-17-24-39-29-32-19-21-33(38-9)22-20-32/h19-22,26,28,30,34,36H,12-18,23-25,27,29H2,1-11H3/b31-26+/t30-,34+,36-/m1/s1. The Hall–Kier alpha value is -1.39. The molecule has 0 saturated carbocycles. The first-order chi connectivity index (χ1) is 20.8. The van der Waals surface area contributed by atoms with Gasteiger partial charge < -0.3 is 23.1 Å². The summed E-state index contributed by atoms with van der Waals surface area (Å²) in [4.78, 5) is 0. The number of hydrogen-bond acceptors (Lipinski definition) is 5. The second-order valence-corrected chi connectivity index (χ2v) is 23.9. The van der Waals surface area contributed by atoms with Crippen molar-refractivity contribution >= 4 is 16.6 Å². The van der Waals surface area contributed by atoms with Crippen LogP contribution in [0, 0.1) is 5.92 Å². The molecule has 0 aromatic heterocycles. The lowest BCUT2D eigenvalue weighted by Gasteiger charge is -2.38. The van der Waals surface area contributed by atoms with E-state index in [-0.39, 0.29) is 17.2 Å². The Balaban J connectivity index is 1.91.